The summed E-state index contributed by atoms with van der Waals surface area (Å²) in [6.07, 6.45) is 3.31. The number of H-pyrrole nitrogens is 2. The Kier molecular flexibility index (Phi) is 4.53. The van der Waals surface area contributed by atoms with Crippen LogP contribution in [0.2, 0.25) is 5.02 Å². The molecule has 0 bridgehead atoms. The Bertz CT molecular complexity index is 1360. The van der Waals surface area contributed by atoms with Crippen LogP contribution in [0.25, 0.3) is 21.9 Å². The Morgan fingerprint density at radius 1 is 1.10 bits per heavy atom. The van der Waals surface area contributed by atoms with Crippen molar-refractivity contribution in [3.63, 3.8) is 0 Å². The van der Waals surface area contributed by atoms with E-state index in [0.29, 0.717) is 33.7 Å². The van der Waals surface area contributed by atoms with Crippen LogP contribution >= 0.6 is 11.6 Å². The Hall–Kier alpha value is -3.91. The fourth-order valence-electron chi connectivity index (χ4n) is 3.13. The number of halogens is 1. The van der Waals surface area contributed by atoms with E-state index in [1.54, 1.807) is 48.8 Å². The molecular weight excluding hydrogens is 404 g/mol. The number of imidazole rings is 1. The zero-order valence-electron chi connectivity index (χ0n) is 15.5. The smallest absolute Gasteiger partial charge is 0.202 e. The molecule has 8 nitrogen and oxygen atoms in total. The number of carbonyl (C=O) groups is 1. The predicted molar refractivity (Wildman–Crippen MR) is 114 cm³/mol. The lowest BCUT2D eigenvalue weighted by Crippen LogP contribution is -2.15. The van der Waals surface area contributed by atoms with E-state index in [4.69, 9.17) is 16.3 Å². The summed E-state index contributed by atoms with van der Waals surface area (Å²) < 4.78 is 5.77. The third-order valence-corrected chi connectivity index (χ3v) is 4.77. The molecule has 3 N–H and O–H groups in total. The molecule has 0 aliphatic carbocycles. The molecular formula is C21H15ClN6O2. The number of hydrogen-bond acceptors (Lipinski definition) is 6. The molecule has 9 heteroatoms. The van der Waals surface area contributed by atoms with Crippen molar-refractivity contribution in [2.75, 3.05) is 11.9 Å². The summed E-state index contributed by atoms with van der Waals surface area (Å²) in [6, 6.07) is 14.4. The highest BCUT2D eigenvalue weighted by atomic mass is 35.5. The van der Waals surface area contributed by atoms with E-state index in [1.807, 2.05) is 12.1 Å². The number of benzene rings is 2. The second kappa shape index (κ2) is 7.49. The highest BCUT2D eigenvalue weighted by molar-refractivity contribution is 6.31. The molecule has 2 aromatic carbocycles. The number of ether oxygens (including phenoxy) is 1. The predicted octanol–water partition coefficient (Wildman–Crippen LogP) is 4.57. The zero-order valence-corrected chi connectivity index (χ0v) is 16.3. The molecule has 30 heavy (non-hydrogen) atoms. The van der Waals surface area contributed by atoms with Gasteiger partial charge in [0.25, 0.3) is 0 Å². The quantitative estimate of drug-likeness (QED) is 0.348. The molecule has 0 saturated heterocycles. The van der Waals surface area contributed by atoms with Crippen LogP contribution in [0.3, 0.4) is 0 Å². The molecule has 148 valence electrons. The van der Waals surface area contributed by atoms with Crippen LogP contribution < -0.4 is 10.1 Å². The number of pyridine rings is 1. The van der Waals surface area contributed by atoms with E-state index in [-0.39, 0.29) is 12.3 Å². The van der Waals surface area contributed by atoms with Gasteiger partial charge in [0.1, 0.15) is 17.2 Å². The Morgan fingerprint density at radius 3 is 2.90 bits per heavy atom. The SMILES string of the molecule is O=C(CNc1nc2cc(Cl)ccc2[nH]1)c1n[nH]c2cc(Oc3cccnc3)ccc12. The van der Waals surface area contributed by atoms with Gasteiger partial charge in [-0.15, -0.1) is 0 Å². The summed E-state index contributed by atoms with van der Waals surface area (Å²) in [7, 11) is 0. The molecule has 0 fully saturated rings. The first-order valence-electron chi connectivity index (χ1n) is 9.14. The highest BCUT2D eigenvalue weighted by Gasteiger charge is 2.15. The Morgan fingerprint density at radius 2 is 2.03 bits per heavy atom. The molecule has 0 atom stereocenters. The number of nitrogens with zero attached hydrogens (tertiary/aromatic N) is 3. The van der Waals surface area contributed by atoms with Crippen molar-refractivity contribution < 1.29 is 9.53 Å². The van der Waals surface area contributed by atoms with Crippen molar-refractivity contribution in [1.29, 1.82) is 0 Å². The molecule has 0 amide bonds. The van der Waals surface area contributed by atoms with Crippen LogP contribution in [-0.2, 0) is 0 Å². The van der Waals surface area contributed by atoms with E-state index < -0.39 is 0 Å². The largest absolute Gasteiger partial charge is 0.456 e. The van der Waals surface area contributed by atoms with E-state index >= 15 is 0 Å². The number of aromatic amines is 2. The number of carbonyl (C=O) groups excluding carboxylic acids is 1. The van der Waals surface area contributed by atoms with E-state index in [1.165, 1.54) is 0 Å². The van der Waals surface area contributed by atoms with Crippen LogP contribution in [0.4, 0.5) is 5.95 Å². The van der Waals surface area contributed by atoms with Crippen LogP contribution in [0.15, 0.2) is 60.9 Å². The maximum absolute atomic E-state index is 12.7. The lowest BCUT2D eigenvalue weighted by Gasteiger charge is -2.05. The topological polar surface area (TPSA) is 109 Å². The average molecular weight is 419 g/mol. The van der Waals surface area contributed by atoms with Crippen molar-refractivity contribution in [2.45, 2.75) is 0 Å². The third-order valence-electron chi connectivity index (χ3n) is 4.53. The molecule has 0 spiro atoms. The fraction of sp³-hybridized carbons (Fsp3) is 0.0476. The monoisotopic (exact) mass is 418 g/mol. The first-order valence-corrected chi connectivity index (χ1v) is 9.52. The lowest BCUT2D eigenvalue weighted by atomic mass is 10.1. The molecule has 0 radical (unpaired) electrons. The molecule has 0 aliphatic rings. The summed E-state index contributed by atoms with van der Waals surface area (Å²) >= 11 is 5.98. The minimum absolute atomic E-state index is 0.0431. The number of fused-ring (bicyclic) bond motifs is 2. The van der Waals surface area contributed by atoms with Crippen LogP contribution in [0.5, 0.6) is 11.5 Å². The second-order valence-corrected chi connectivity index (χ2v) is 7.03. The van der Waals surface area contributed by atoms with E-state index in [2.05, 4.69) is 30.5 Å². The Labute approximate surface area is 175 Å². The number of anilines is 1. The third kappa shape index (κ3) is 3.56. The van der Waals surface area contributed by atoms with Crippen LogP contribution in [-0.4, -0.2) is 37.5 Å². The van der Waals surface area contributed by atoms with Gasteiger partial charge in [-0.1, -0.05) is 11.6 Å². The zero-order chi connectivity index (χ0) is 20.5. The first kappa shape index (κ1) is 18.1. The van der Waals surface area contributed by atoms with Crippen molar-refractivity contribution in [3.8, 4) is 11.5 Å². The van der Waals surface area contributed by atoms with Crippen LogP contribution in [0.1, 0.15) is 10.5 Å². The summed E-state index contributed by atoms with van der Waals surface area (Å²) in [5.41, 5.74) is 2.62. The molecule has 0 saturated carbocycles. The summed E-state index contributed by atoms with van der Waals surface area (Å²) in [5, 5.41) is 11.4. The van der Waals surface area contributed by atoms with Gasteiger partial charge in [-0.2, -0.15) is 5.10 Å². The maximum Gasteiger partial charge on any atom is 0.202 e. The highest BCUT2D eigenvalue weighted by Crippen LogP contribution is 2.26. The molecule has 0 aliphatic heterocycles. The van der Waals surface area contributed by atoms with Crippen molar-refractivity contribution in [2.24, 2.45) is 0 Å². The normalized spacial score (nSPS) is 11.1. The fourth-order valence-corrected chi connectivity index (χ4v) is 3.30. The number of Topliss-reactive ketones (excluding diaryl/α,β-unsaturated/α-hetero) is 1. The Balaban J connectivity index is 1.31. The number of hydrogen-bond donors (Lipinski definition) is 3. The minimum atomic E-state index is -0.166. The standard InChI is InChI=1S/C21H15ClN6O2/c22-12-3-6-16-18(8-12)26-21(25-16)24-11-19(29)20-15-5-4-13(9-17(15)27-28-20)30-14-2-1-7-23-10-14/h1-10H,11H2,(H,27,28)(H2,24,25,26). The van der Waals surface area contributed by atoms with Gasteiger partial charge in [0.2, 0.25) is 11.7 Å². The van der Waals surface area contributed by atoms with Gasteiger partial charge >= 0.3 is 0 Å². The number of aromatic nitrogens is 5. The second-order valence-electron chi connectivity index (χ2n) is 6.59. The van der Waals surface area contributed by atoms with Crippen molar-refractivity contribution in [3.05, 3.63) is 71.6 Å². The van der Waals surface area contributed by atoms with Crippen molar-refractivity contribution in [1.82, 2.24) is 25.1 Å². The number of nitrogens with one attached hydrogen (secondary N) is 3. The molecule has 5 aromatic rings. The van der Waals surface area contributed by atoms with Gasteiger partial charge in [-0.05, 0) is 42.5 Å². The van der Waals surface area contributed by atoms with Gasteiger partial charge in [-0.3, -0.25) is 14.9 Å². The van der Waals surface area contributed by atoms with E-state index in [9.17, 15) is 4.79 Å². The van der Waals surface area contributed by atoms with Gasteiger partial charge < -0.3 is 15.0 Å². The average Bonchev–Trinajstić information content (AvgIpc) is 3.36. The van der Waals surface area contributed by atoms with Crippen LogP contribution in [0, 0.1) is 0 Å². The number of rotatable bonds is 6. The van der Waals surface area contributed by atoms with Gasteiger partial charge in [0.15, 0.2) is 0 Å². The van der Waals surface area contributed by atoms with Crippen molar-refractivity contribution >= 4 is 45.3 Å². The van der Waals surface area contributed by atoms with E-state index in [0.717, 1.165) is 16.4 Å². The summed E-state index contributed by atoms with van der Waals surface area (Å²) in [4.78, 5) is 24.2. The molecule has 5 rings (SSSR count). The van der Waals surface area contributed by atoms with Gasteiger partial charge in [0.05, 0.1) is 29.3 Å². The van der Waals surface area contributed by atoms with Gasteiger partial charge in [0, 0.05) is 22.7 Å². The summed E-state index contributed by atoms with van der Waals surface area (Å²) in [6.45, 7) is 0.0431. The first-order chi connectivity index (χ1) is 14.7. The summed E-state index contributed by atoms with van der Waals surface area (Å²) in [5.74, 6) is 1.58. The minimum Gasteiger partial charge on any atom is -0.456 e. The lowest BCUT2D eigenvalue weighted by molar-refractivity contribution is 0.100. The van der Waals surface area contributed by atoms with Gasteiger partial charge in [-0.25, -0.2) is 4.98 Å². The molecule has 0 unspecified atom stereocenters. The maximum atomic E-state index is 12.7. The molecule has 3 aromatic heterocycles. The number of ketones is 1. The molecule has 3 heterocycles.